The molecule has 4 N–H and O–H groups in total. The highest BCUT2D eigenvalue weighted by molar-refractivity contribution is 9.10. The summed E-state index contributed by atoms with van der Waals surface area (Å²) >= 11 is 3.12. The molecule has 8 heteroatoms. The van der Waals surface area contributed by atoms with Gasteiger partial charge in [-0.25, -0.2) is 17.9 Å². The molecule has 0 fully saturated rings. The minimum absolute atomic E-state index is 0.0778. The first-order valence-corrected chi connectivity index (χ1v) is 7.66. The summed E-state index contributed by atoms with van der Waals surface area (Å²) in [4.78, 5) is -0.245. The number of hydrogen-bond acceptors (Lipinski definition) is 4. The second-order valence-corrected chi connectivity index (χ2v) is 6.37. The fourth-order valence-corrected chi connectivity index (χ4v) is 2.70. The van der Waals surface area contributed by atoms with Gasteiger partial charge in [-0.15, -0.1) is 0 Å². The lowest BCUT2D eigenvalue weighted by Crippen LogP contribution is -2.14. The number of rotatable bonds is 3. The van der Waals surface area contributed by atoms with Crippen LogP contribution in [0.5, 0.6) is 11.5 Å². The van der Waals surface area contributed by atoms with Gasteiger partial charge in [-0.2, -0.15) is 0 Å². The lowest BCUT2D eigenvalue weighted by atomic mass is 10.3. The quantitative estimate of drug-likeness (QED) is 0.822. The first-order valence-electron chi connectivity index (χ1n) is 5.32. The zero-order valence-corrected chi connectivity index (χ0v) is 12.4. The maximum Gasteiger partial charge on any atom is 0.240 e. The molecule has 0 aliphatic rings. The maximum atomic E-state index is 13.2. The summed E-state index contributed by atoms with van der Waals surface area (Å²) in [6.45, 7) is 0. The van der Waals surface area contributed by atoms with E-state index in [-0.39, 0.29) is 22.1 Å². The molecule has 5 nitrogen and oxygen atoms in total. The number of halogens is 2. The van der Waals surface area contributed by atoms with Gasteiger partial charge in [0.1, 0.15) is 16.5 Å². The molecule has 2 rings (SSSR count). The molecule has 0 bridgehead atoms. The summed E-state index contributed by atoms with van der Waals surface area (Å²) in [6.07, 6.45) is 0. The molecule has 0 aliphatic carbocycles. The summed E-state index contributed by atoms with van der Waals surface area (Å²) in [5.41, 5.74) is 5.57. The van der Waals surface area contributed by atoms with Crippen LogP contribution in [0.3, 0.4) is 0 Å². The van der Waals surface area contributed by atoms with Gasteiger partial charge in [0.05, 0.1) is 5.69 Å². The Balaban J connectivity index is 2.44. The average molecular weight is 361 g/mol. The Morgan fingerprint density at radius 2 is 1.90 bits per heavy atom. The van der Waals surface area contributed by atoms with Gasteiger partial charge in [0.15, 0.2) is 5.75 Å². The SMILES string of the molecule is Nc1c(Oc2cc(F)cc(Br)c2)cccc1S(N)(=O)=O. The highest BCUT2D eigenvalue weighted by atomic mass is 79.9. The molecule has 0 aliphatic heterocycles. The molecule has 0 amide bonds. The zero-order chi connectivity index (χ0) is 14.9. The van der Waals surface area contributed by atoms with Crippen LogP contribution in [0.2, 0.25) is 0 Å². The number of para-hydroxylation sites is 1. The summed E-state index contributed by atoms with van der Waals surface area (Å²) in [6, 6.07) is 8.08. The lowest BCUT2D eigenvalue weighted by Gasteiger charge is -2.11. The van der Waals surface area contributed by atoms with Crippen molar-refractivity contribution in [2.75, 3.05) is 5.73 Å². The van der Waals surface area contributed by atoms with Crippen LogP contribution in [0.1, 0.15) is 0 Å². The molecule has 2 aromatic carbocycles. The Hall–Kier alpha value is -1.64. The van der Waals surface area contributed by atoms with Gasteiger partial charge in [-0.05, 0) is 24.3 Å². The second kappa shape index (κ2) is 5.39. The van der Waals surface area contributed by atoms with Gasteiger partial charge in [0, 0.05) is 10.5 Å². The van der Waals surface area contributed by atoms with Gasteiger partial charge in [0.2, 0.25) is 10.0 Å². The van der Waals surface area contributed by atoms with Crippen molar-refractivity contribution < 1.29 is 17.5 Å². The third-order valence-electron chi connectivity index (χ3n) is 2.40. The van der Waals surface area contributed by atoms with Crippen molar-refractivity contribution in [1.82, 2.24) is 0 Å². The van der Waals surface area contributed by atoms with Crippen LogP contribution in [0, 0.1) is 5.82 Å². The van der Waals surface area contributed by atoms with Crippen molar-refractivity contribution in [3.63, 3.8) is 0 Å². The van der Waals surface area contributed by atoms with E-state index in [0.29, 0.717) is 4.47 Å². The molecular weight excluding hydrogens is 351 g/mol. The molecule has 0 saturated heterocycles. The van der Waals surface area contributed by atoms with E-state index in [9.17, 15) is 12.8 Å². The highest BCUT2D eigenvalue weighted by Crippen LogP contribution is 2.33. The van der Waals surface area contributed by atoms with Crippen molar-refractivity contribution in [3.05, 3.63) is 46.7 Å². The van der Waals surface area contributed by atoms with E-state index in [1.54, 1.807) is 0 Å². The molecule has 0 radical (unpaired) electrons. The predicted octanol–water partition coefficient (Wildman–Crippen LogP) is 2.61. The standard InChI is InChI=1S/C12H10BrFN2O3S/c13-7-4-8(14)6-9(5-7)19-10-2-1-3-11(12(10)15)20(16,17)18/h1-6H,15H2,(H2,16,17,18). The molecular formula is C12H10BrFN2O3S. The molecule has 20 heavy (non-hydrogen) atoms. The van der Waals surface area contributed by atoms with E-state index in [1.165, 1.54) is 30.3 Å². The van der Waals surface area contributed by atoms with Gasteiger partial charge < -0.3 is 10.5 Å². The first-order chi connectivity index (χ1) is 9.27. The van der Waals surface area contributed by atoms with E-state index in [1.807, 2.05) is 0 Å². The number of anilines is 1. The molecule has 0 spiro atoms. The number of primary sulfonamides is 1. The summed E-state index contributed by atoms with van der Waals surface area (Å²) < 4.78 is 41.8. The fourth-order valence-electron chi connectivity index (χ4n) is 1.58. The summed E-state index contributed by atoms with van der Waals surface area (Å²) in [7, 11) is -3.95. The van der Waals surface area contributed by atoms with E-state index in [4.69, 9.17) is 15.6 Å². The maximum absolute atomic E-state index is 13.2. The third kappa shape index (κ3) is 3.27. The molecule has 0 aromatic heterocycles. The Bertz CT molecular complexity index is 745. The van der Waals surface area contributed by atoms with Crippen molar-refractivity contribution in [2.45, 2.75) is 4.90 Å². The number of nitrogens with two attached hydrogens (primary N) is 2. The van der Waals surface area contributed by atoms with Crippen molar-refractivity contribution in [2.24, 2.45) is 5.14 Å². The molecule has 0 unspecified atom stereocenters. The largest absolute Gasteiger partial charge is 0.455 e. The number of ether oxygens (including phenoxy) is 1. The minimum Gasteiger partial charge on any atom is -0.455 e. The van der Waals surface area contributed by atoms with Crippen molar-refractivity contribution in [3.8, 4) is 11.5 Å². The first kappa shape index (κ1) is 14.8. The van der Waals surface area contributed by atoms with Gasteiger partial charge in [-0.3, -0.25) is 0 Å². The van der Waals surface area contributed by atoms with Gasteiger partial charge in [-0.1, -0.05) is 22.0 Å². The number of sulfonamides is 1. The second-order valence-electron chi connectivity index (χ2n) is 3.92. The zero-order valence-electron chi connectivity index (χ0n) is 10.0. The van der Waals surface area contributed by atoms with E-state index in [0.717, 1.165) is 6.07 Å². The summed E-state index contributed by atoms with van der Waals surface area (Å²) in [5, 5.41) is 5.04. The molecule has 106 valence electrons. The molecule has 0 atom stereocenters. The van der Waals surface area contributed by atoms with Gasteiger partial charge >= 0.3 is 0 Å². The highest BCUT2D eigenvalue weighted by Gasteiger charge is 2.16. The normalized spacial score (nSPS) is 11.3. The molecule has 0 saturated carbocycles. The van der Waals surface area contributed by atoms with Crippen LogP contribution in [0.4, 0.5) is 10.1 Å². The van der Waals surface area contributed by atoms with Crippen molar-refractivity contribution in [1.29, 1.82) is 0 Å². The van der Waals surface area contributed by atoms with Crippen LogP contribution in [-0.4, -0.2) is 8.42 Å². The van der Waals surface area contributed by atoms with Crippen LogP contribution in [0.25, 0.3) is 0 Å². The summed E-state index contributed by atoms with van der Waals surface area (Å²) in [5.74, 6) is -0.250. The molecule has 0 heterocycles. The average Bonchev–Trinajstić information content (AvgIpc) is 2.29. The Kier molecular flexibility index (Phi) is 3.98. The number of hydrogen-bond donors (Lipinski definition) is 2. The third-order valence-corrected chi connectivity index (χ3v) is 3.82. The fraction of sp³-hybridized carbons (Fsp3) is 0. The van der Waals surface area contributed by atoms with E-state index in [2.05, 4.69) is 15.9 Å². The molecule has 2 aromatic rings. The minimum atomic E-state index is -3.95. The topological polar surface area (TPSA) is 95.4 Å². The van der Waals surface area contributed by atoms with Crippen LogP contribution in [0.15, 0.2) is 45.8 Å². The lowest BCUT2D eigenvalue weighted by molar-refractivity contribution is 0.477. The van der Waals surface area contributed by atoms with E-state index >= 15 is 0 Å². The van der Waals surface area contributed by atoms with E-state index < -0.39 is 15.8 Å². The Morgan fingerprint density at radius 3 is 2.50 bits per heavy atom. The Labute approximate surface area is 123 Å². The van der Waals surface area contributed by atoms with Crippen LogP contribution >= 0.6 is 15.9 Å². The van der Waals surface area contributed by atoms with Gasteiger partial charge in [0.25, 0.3) is 0 Å². The Morgan fingerprint density at radius 1 is 1.20 bits per heavy atom. The van der Waals surface area contributed by atoms with Crippen LogP contribution in [-0.2, 0) is 10.0 Å². The number of benzene rings is 2. The van der Waals surface area contributed by atoms with Crippen LogP contribution < -0.4 is 15.6 Å². The number of nitrogen functional groups attached to an aromatic ring is 1. The van der Waals surface area contributed by atoms with Crippen molar-refractivity contribution >= 4 is 31.6 Å². The predicted molar refractivity (Wildman–Crippen MR) is 76.4 cm³/mol. The smallest absolute Gasteiger partial charge is 0.240 e. The monoisotopic (exact) mass is 360 g/mol.